The number of aromatic nitrogens is 1. The van der Waals surface area contributed by atoms with Crippen molar-refractivity contribution < 1.29 is 27.8 Å². The number of alkyl halides is 2. The molecule has 1 heterocycles. The van der Waals surface area contributed by atoms with Crippen LogP contribution in [0.25, 0.3) is 0 Å². The molecule has 0 atom stereocenters. The van der Waals surface area contributed by atoms with Crippen LogP contribution < -0.4 is 4.74 Å². The van der Waals surface area contributed by atoms with Gasteiger partial charge in [-0.2, -0.15) is 8.78 Å². The minimum atomic E-state index is -3.23. The molecule has 0 aromatic carbocycles. The summed E-state index contributed by atoms with van der Waals surface area (Å²) in [5.41, 5.74) is -0.958. The van der Waals surface area contributed by atoms with Gasteiger partial charge in [0.1, 0.15) is 5.56 Å². The lowest BCUT2D eigenvalue weighted by molar-refractivity contribution is -0.0507. The zero-order chi connectivity index (χ0) is 10.7. The number of carboxylic acids is 1. The van der Waals surface area contributed by atoms with Gasteiger partial charge in [-0.3, -0.25) is 4.98 Å². The molecule has 0 saturated heterocycles. The molecular formula is C7H4F3NO3. The summed E-state index contributed by atoms with van der Waals surface area (Å²) in [4.78, 5) is 13.6. The van der Waals surface area contributed by atoms with E-state index in [1.807, 2.05) is 0 Å². The Balaban J connectivity index is 3.14. The van der Waals surface area contributed by atoms with Crippen LogP contribution in [0.1, 0.15) is 10.4 Å². The topological polar surface area (TPSA) is 59.4 Å². The summed E-state index contributed by atoms with van der Waals surface area (Å²) in [7, 11) is 0. The van der Waals surface area contributed by atoms with E-state index >= 15 is 0 Å². The molecule has 7 heteroatoms. The number of aromatic carboxylic acids is 1. The lowest BCUT2D eigenvalue weighted by Gasteiger charge is -2.06. The Morgan fingerprint density at radius 3 is 2.64 bits per heavy atom. The molecule has 0 aliphatic rings. The molecule has 0 unspecified atom stereocenters. The fourth-order valence-electron chi connectivity index (χ4n) is 0.810. The Labute approximate surface area is 75.9 Å². The largest absolute Gasteiger partial charge is 0.477 e. The summed E-state index contributed by atoms with van der Waals surface area (Å²) in [5, 5.41) is 8.47. The molecule has 1 rings (SSSR count). The van der Waals surface area contributed by atoms with Crippen LogP contribution >= 0.6 is 0 Å². The highest BCUT2D eigenvalue weighted by Crippen LogP contribution is 2.21. The fourth-order valence-corrected chi connectivity index (χ4v) is 0.810. The van der Waals surface area contributed by atoms with Gasteiger partial charge in [-0.1, -0.05) is 0 Å². The van der Waals surface area contributed by atoms with Crippen LogP contribution in [-0.2, 0) is 0 Å². The van der Waals surface area contributed by atoms with Crippen molar-refractivity contribution in [3.05, 3.63) is 23.8 Å². The molecule has 0 bridgehead atoms. The molecule has 0 fully saturated rings. The van der Waals surface area contributed by atoms with Gasteiger partial charge in [0.2, 0.25) is 0 Å². The van der Waals surface area contributed by atoms with Crippen LogP contribution in [0.2, 0.25) is 0 Å². The first-order valence-electron chi connectivity index (χ1n) is 3.34. The maximum absolute atomic E-state index is 12.8. The van der Waals surface area contributed by atoms with E-state index in [-0.39, 0.29) is 0 Å². The number of halogens is 3. The molecule has 0 radical (unpaired) electrons. The third-order valence-corrected chi connectivity index (χ3v) is 1.29. The predicted octanol–water partition coefficient (Wildman–Crippen LogP) is 1.52. The van der Waals surface area contributed by atoms with Crippen molar-refractivity contribution in [2.24, 2.45) is 0 Å². The summed E-state index contributed by atoms with van der Waals surface area (Å²) in [6.07, 6.45) is 1.31. The fraction of sp³-hybridized carbons (Fsp3) is 0.143. The molecule has 1 aromatic rings. The summed E-state index contributed by atoms with van der Waals surface area (Å²) in [6.45, 7) is -3.23. The van der Waals surface area contributed by atoms with Crippen molar-refractivity contribution in [1.29, 1.82) is 0 Å². The van der Waals surface area contributed by atoms with Crippen molar-refractivity contribution in [1.82, 2.24) is 4.98 Å². The average Bonchev–Trinajstić information content (AvgIpc) is 2.01. The molecule has 0 amide bonds. The number of carbonyl (C=O) groups is 1. The Bertz CT molecular complexity index is 356. The van der Waals surface area contributed by atoms with Crippen molar-refractivity contribution in [3.63, 3.8) is 0 Å². The van der Waals surface area contributed by atoms with Crippen LogP contribution in [-0.4, -0.2) is 22.7 Å². The molecule has 0 aliphatic carbocycles. The molecule has 14 heavy (non-hydrogen) atoms. The van der Waals surface area contributed by atoms with Crippen LogP contribution in [0.5, 0.6) is 5.75 Å². The lowest BCUT2D eigenvalue weighted by Crippen LogP contribution is -2.10. The van der Waals surface area contributed by atoms with Crippen LogP contribution in [0.4, 0.5) is 13.2 Å². The Kier molecular flexibility index (Phi) is 2.90. The van der Waals surface area contributed by atoms with E-state index in [9.17, 15) is 18.0 Å². The van der Waals surface area contributed by atoms with E-state index in [0.29, 0.717) is 12.4 Å². The van der Waals surface area contributed by atoms with E-state index in [1.54, 1.807) is 0 Å². The summed E-state index contributed by atoms with van der Waals surface area (Å²) in [5.74, 6) is -3.72. The highest BCUT2D eigenvalue weighted by molar-refractivity contribution is 5.90. The van der Waals surface area contributed by atoms with Crippen molar-refractivity contribution >= 4 is 5.97 Å². The SMILES string of the molecule is O=C(O)c1c(F)cncc1OC(F)F. The Morgan fingerprint density at radius 1 is 1.50 bits per heavy atom. The smallest absolute Gasteiger partial charge is 0.387 e. The van der Waals surface area contributed by atoms with Gasteiger partial charge in [0.05, 0.1) is 12.4 Å². The molecule has 0 aliphatic heterocycles. The van der Waals surface area contributed by atoms with Gasteiger partial charge in [0, 0.05) is 0 Å². The first-order chi connectivity index (χ1) is 6.52. The first kappa shape index (κ1) is 10.3. The standard InChI is InChI=1S/C7H4F3NO3/c8-3-1-11-2-4(14-7(9)10)5(3)6(12)13/h1-2,7H,(H,12,13). The minimum Gasteiger partial charge on any atom is -0.477 e. The van der Waals surface area contributed by atoms with E-state index in [2.05, 4.69) is 9.72 Å². The van der Waals surface area contributed by atoms with Gasteiger partial charge in [0.15, 0.2) is 11.6 Å². The maximum Gasteiger partial charge on any atom is 0.387 e. The van der Waals surface area contributed by atoms with Crippen LogP contribution in [0.15, 0.2) is 12.4 Å². The number of hydrogen-bond donors (Lipinski definition) is 1. The number of hydrogen-bond acceptors (Lipinski definition) is 3. The summed E-state index contributed by atoms with van der Waals surface area (Å²) >= 11 is 0. The van der Waals surface area contributed by atoms with E-state index < -0.39 is 29.7 Å². The number of carboxylic acid groups (broad SMARTS) is 1. The van der Waals surface area contributed by atoms with Crippen LogP contribution in [0.3, 0.4) is 0 Å². The molecule has 0 spiro atoms. The second kappa shape index (κ2) is 3.95. The van der Waals surface area contributed by atoms with Crippen molar-refractivity contribution in [2.45, 2.75) is 6.61 Å². The zero-order valence-electron chi connectivity index (χ0n) is 6.58. The normalized spacial score (nSPS) is 10.3. The van der Waals surface area contributed by atoms with E-state index in [1.165, 1.54) is 0 Å². The predicted molar refractivity (Wildman–Crippen MR) is 37.8 cm³/mol. The third kappa shape index (κ3) is 2.12. The minimum absolute atomic E-state index is 0.599. The van der Waals surface area contributed by atoms with Gasteiger partial charge in [-0.15, -0.1) is 0 Å². The third-order valence-electron chi connectivity index (χ3n) is 1.29. The quantitative estimate of drug-likeness (QED) is 0.816. The number of rotatable bonds is 3. The number of ether oxygens (including phenoxy) is 1. The highest BCUT2D eigenvalue weighted by Gasteiger charge is 2.19. The molecule has 1 N–H and O–H groups in total. The van der Waals surface area contributed by atoms with Gasteiger partial charge in [0.25, 0.3) is 0 Å². The van der Waals surface area contributed by atoms with Crippen molar-refractivity contribution in [2.75, 3.05) is 0 Å². The van der Waals surface area contributed by atoms with Gasteiger partial charge < -0.3 is 9.84 Å². The second-order valence-corrected chi connectivity index (χ2v) is 2.18. The number of pyridine rings is 1. The zero-order valence-corrected chi connectivity index (χ0v) is 6.58. The monoisotopic (exact) mass is 207 g/mol. The lowest BCUT2D eigenvalue weighted by atomic mass is 10.2. The summed E-state index contributed by atoms with van der Waals surface area (Å²) < 4.78 is 40.0. The molecule has 0 saturated carbocycles. The first-order valence-corrected chi connectivity index (χ1v) is 3.34. The van der Waals surface area contributed by atoms with E-state index in [4.69, 9.17) is 5.11 Å². The summed E-state index contributed by atoms with van der Waals surface area (Å²) in [6, 6.07) is 0. The van der Waals surface area contributed by atoms with Crippen molar-refractivity contribution in [3.8, 4) is 5.75 Å². The highest BCUT2D eigenvalue weighted by atomic mass is 19.3. The van der Waals surface area contributed by atoms with Gasteiger partial charge in [-0.05, 0) is 0 Å². The van der Waals surface area contributed by atoms with Gasteiger partial charge >= 0.3 is 12.6 Å². The average molecular weight is 207 g/mol. The van der Waals surface area contributed by atoms with E-state index in [0.717, 1.165) is 0 Å². The van der Waals surface area contributed by atoms with Crippen LogP contribution in [0, 0.1) is 5.82 Å². The molecule has 1 aromatic heterocycles. The molecule has 76 valence electrons. The number of nitrogens with zero attached hydrogens (tertiary/aromatic N) is 1. The Morgan fingerprint density at radius 2 is 2.14 bits per heavy atom. The maximum atomic E-state index is 12.8. The second-order valence-electron chi connectivity index (χ2n) is 2.18. The van der Waals surface area contributed by atoms with Gasteiger partial charge in [-0.25, -0.2) is 9.18 Å². The Hall–Kier alpha value is -1.79. The molecule has 4 nitrogen and oxygen atoms in total. The molecular weight excluding hydrogens is 203 g/mol.